The fourth-order valence-corrected chi connectivity index (χ4v) is 4.37. The summed E-state index contributed by atoms with van der Waals surface area (Å²) in [7, 11) is 0. The Morgan fingerprint density at radius 3 is 2.14 bits per heavy atom. The fourth-order valence-electron chi connectivity index (χ4n) is 4.37. The number of benzene rings is 2. The number of nitrogens with zero attached hydrogens (tertiary/aromatic N) is 1. The van der Waals surface area contributed by atoms with Crippen molar-refractivity contribution < 1.29 is 0 Å². The molecule has 0 saturated carbocycles. The minimum absolute atomic E-state index is 0.601. The first-order valence-electron chi connectivity index (χ1n) is 10.4. The second-order valence-corrected chi connectivity index (χ2v) is 8.65. The molecule has 1 N–H and O–H groups in total. The van der Waals surface area contributed by atoms with E-state index in [4.69, 9.17) is 0 Å². The lowest BCUT2D eigenvalue weighted by molar-refractivity contribution is 0.602. The van der Waals surface area contributed by atoms with Crippen molar-refractivity contribution in [3.05, 3.63) is 80.6 Å². The van der Waals surface area contributed by atoms with E-state index in [1.54, 1.807) is 0 Å². The first-order chi connectivity index (χ1) is 13.6. The molecule has 0 spiro atoms. The van der Waals surface area contributed by atoms with Crippen LogP contribution in [0.5, 0.6) is 0 Å². The Labute approximate surface area is 176 Å². The average molecular weight is 385 g/mol. The Hall–Kier alpha value is -2.79. The van der Waals surface area contributed by atoms with Gasteiger partial charge < -0.3 is 5.32 Å². The van der Waals surface area contributed by atoms with Gasteiger partial charge in [0.25, 0.3) is 0 Å². The molecule has 0 fully saturated rings. The Morgan fingerprint density at radius 1 is 1.00 bits per heavy atom. The first kappa shape index (κ1) is 20.9. The van der Waals surface area contributed by atoms with E-state index in [1.807, 2.05) is 0 Å². The number of nitrogens with one attached hydrogen (secondary N) is 1. The summed E-state index contributed by atoms with van der Waals surface area (Å²) < 4.78 is 0. The number of rotatable bonds is 4. The Morgan fingerprint density at radius 2 is 1.59 bits per heavy atom. The van der Waals surface area contributed by atoms with Gasteiger partial charge in [0, 0.05) is 11.4 Å². The van der Waals surface area contributed by atoms with Crippen molar-refractivity contribution in [3.8, 4) is 6.07 Å². The lowest BCUT2D eigenvalue weighted by atomic mass is 9.74. The van der Waals surface area contributed by atoms with E-state index in [9.17, 15) is 5.26 Å². The molecule has 1 heterocycles. The maximum Gasteiger partial charge on any atom is 0.0835 e. The topological polar surface area (TPSA) is 35.8 Å². The molecule has 2 nitrogen and oxygen atoms in total. The Kier molecular flexibility index (Phi) is 5.46. The third kappa shape index (κ3) is 3.51. The molecule has 1 aliphatic rings. The number of nitriles is 1. The molecule has 29 heavy (non-hydrogen) atoms. The maximum atomic E-state index is 10.2. The molecular weight excluding hydrogens is 352 g/mol. The molecule has 0 aromatic heterocycles. The highest BCUT2D eigenvalue weighted by atomic mass is 14.9. The third-order valence-electron chi connectivity index (χ3n) is 7.01. The van der Waals surface area contributed by atoms with Gasteiger partial charge in [-0.25, -0.2) is 0 Å². The molecule has 0 aliphatic carbocycles. The number of hydrogen-bond acceptors (Lipinski definition) is 2. The number of anilines is 1. The monoisotopic (exact) mass is 384 g/mol. The number of hydrogen-bond donors (Lipinski definition) is 1. The highest BCUT2D eigenvalue weighted by molar-refractivity contribution is 5.78. The molecule has 3 rings (SSSR count). The van der Waals surface area contributed by atoms with Crippen LogP contribution >= 0.6 is 0 Å². The molecule has 2 aromatic rings. The molecule has 0 saturated heterocycles. The summed E-state index contributed by atoms with van der Waals surface area (Å²) in [5, 5.41) is 13.6. The van der Waals surface area contributed by atoms with Gasteiger partial charge in [0.2, 0.25) is 0 Å². The fraction of sp³-hybridized carbons (Fsp3) is 0.370. The summed E-state index contributed by atoms with van der Waals surface area (Å²) in [4.78, 5) is 0. The predicted molar refractivity (Wildman–Crippen MR) is 124 cm³/mol. The van der Waals surface area contributed by atoms with Crippen LogP contribution in [-0.4, -0.2) is 0 Å². The van der Waals surface area contributed by atoms with Gasteiger partial charge in [-0.2, -0.15) is 5.26 Å². The molecule has 1 atom stereocenters. The third-order valence-corrected chi connectivity index (χ3v) is 7.01. The summed E-state index contributed by atoms with van der Waals surface area (Å²) >= 11 is 0. The van der Waals surface area contributed by atoms with Gasteiger partial charge in [-0.15, -0.1) is 0 Å². The summed E-state index contributed by atoms with van der Waals surface area (Å²) in [5.74, 6) is 0. The van der Waals surface area contributed by atoms with Crippen LogP contribution in [0.15, 0.2) is 36.0 Å². The summed E-state index contributed by atoms with van der Waals surface area (Å²) in [6.07, 6.45) is 3.86. The van der Waals surface area contributed by atoms with Gasteiger partial charge in [0.05, 0.1) is 11.5 Å². The second-order valence-electron chi connectivity index (χ2n) is 8.65. The van der Waals surface area contributed by atoms with Crippen LogP contribution in [0.1, 0.15) is 64.8 Å². The average Bonchev–Trinajstić information content (AvgIpc) is 2.72. The van der Waals surface area contributed by atoms with Crippen molar-refractivity contribution in [1.29, 1.82) is 5.26 Å². The van der Waals surface area contributed by atoms with Crippen LogP contribution in [0.2, 0.25) is 0 Å². The molecule has 2 aromatic carbocycles. The van der Waals surface area contributed by atoms with Gasteiger partial charge in [0.1, 0.15) is 0 Å². The smallest absolute Gasteiger partial charge is 0.0835 e. The summed E-state index contributed by atoms with van der Waals surface area (Å²) in [5.41, 5.74) is 12.8. The Balaban J connectivity index is 2.07. The van der Waals surface area contributed by atoms with E-state index in [2.05, 4.69) is 90.7 Å². The van der Waals surface area contributed by atoms with Crippen molar-refractivity contribution in [2.75, 3.05) is 5.32 Å². The normalized spacial score (nSPS) is 15.1. The number of allylic oxidation sites excluding steroid dienone is 1. The predicted octanol–water partition coefficient (Wildman–Crippen LogP) is 6.99. The van der Waals surface area contributed by atoms with Crippen molar-refractivity contribution in [2.24, 2.45) is 0 Å². The number of fused-ring (bicyclic) bond motifs is 1. The minimum Gasteiger partial charge on any atom is -0.355 e. The van der Waals surface area contributed by atoms with Crippen molar-refractivity contribution >= 4 is 11.8 Å². The first-order valence-corrected chi connectivity index (χ1v) is 10.4. The van der Waals surface area contributed by atoms with Crippen LogP contribution in [0.3, 0.4) is 0 Å². The molecule has 0 amide bonds. The van der Waals surface area contributed by atoms with Gasteiger partial charge >= 0.3 is 0 Å². The van der Waals surface area contributed by atoms with Crippen LogP contribution in [-0.2, 0) is 11.8 Å². The molecule has 2 heteroatoms. The molecular formula is C27H32N2. The molecule has 150 valence electrons. The van der Waals surface area contributed by atoms with Gasteiger partial charge in [-0.05, 0) is 117 Å². The zero-order valence-electron chi connectivity index (χ0n) is 18.9. The molecule has 0 radical (unpaired) electrons. The molecule has 0 bridgehead atoms. The minimum atomic E-state index is -0.601. The lowest BCUT2D eigenvalue weighted by Crippen LogP contribution is -2.25. The summed E-state index contributed by atoms with van der Waals surface area (Å²) in [6, 6.07) is 8.99. The highest BCUT2D eigenvalue weighted by Crippen LogP contribution is 2.37. The van der Waals surface area contributed by atoms with Crippen LogP contribution in [0.25, 0.3) is 6.08 Å². The quantitative estimate of drug-likeness (QED) is 0.617. The van der Waals surface area contributed by atoms with E-state index in [0.717, 1.165) is 28.9 Å². The van der Waals surface area contributed by atoms with Crippen molar-refractivity contribution in [2.45, 2.75) is 66.7 Å². The second kappa shape index (κ2) is 7.56. The van der Waals surface area contributed by atoms with Crippen LogP contribution < -0.4 is 5.32 Å². The zero-order chi connectivity index (χ0) is 21.5. The van der Waals surface area contributed by atoms with Gasteiger partial charge in [-0.1, -0.05) is 25.6 Å². The Bertz CT molecular complexity index is 1050. The van der Waals surface area contributed by atoms with E-state index in [1.165, 1.54) is 39.0 Å². The lowest BCUT2D eigenvalue weighted by Gasteiger charge is -2.28. The molecule has 1 unspecified atom stereocenters. The molecule has 1 aliphatic heterocycles. The van der Waals surface area contributed by atoms with E-state index < -0.39 is 5.41 Å². The SMILES string of the molecule is C=C1Nc2cc(C(C)(C#N)Cc3c(C)c(C)c(C)c(C)c3C)ccc2C=C1CC. The van der Waals surface area contributed by atoms with Crippen LogP contribution in [0, 0.1) is 45.9 Å². The van der Waals surface area contributed by atoms with Gasteiger partial charge in [0.15, 0.2) is 0 Å². The van der Waals surface area contributed by atoms with Crippen molar-refractivity contribution in [1.82, 2.24) is 0 Å². The highest BCUT2D eigenvalue weighted by Gasteiger charge is 2.30. The van der Waals surface area contributed by atoms with E-state index in [-0.39, 0.29) is 0 Å². The standard InChI is InChI=1S/C27H32N2/c1-9-22-12-23-10-11-24(13-26(23)29-21(22)7)27(8,15-28)14-25-19(5)17(3)16(2)18(4)20(25)6/h10-13,29H,7,9,14H2,1-6,8H3. The van der Waals surface area contributed by atoms with Crippen molar-refractivity contribution in [3.63, 3.8) is 0 Å². The van der Waals surface area contributed by atoms with Crippen LogP contribution in [0.4, 0.5) is 5.69 Å². The summed E-state index contributed by atoms with van der Waals surface area (Å²) in [6.45, 7) is 19.3. The van der Waals surface area contributed by atoms with Gasteiger partial charge in [-0.3, -0.25) is 0 Å². The van der Waals surface area contributed by atoms with E-state index >= 15 is 0 Å². The largest absolute Gasteiger partial charge is 0.355 e. The maximum absolute atomic E-state index is 10.2. The van der Waals surface area contributed by atoms with E-state index in [0.29, 0.717) is 6.42 Å². The zero-order valence-corrected chi connectivity index (χ0v) is 18.9.